The van der Waals surface area contributed by atoms with Crippen LogP contribution < -0.4 is 27.4 Å². The number of unbranched alkanes of at least 4 members (excludes halogenated alkanes) is 1. The number of carbonyl (C=O) groups excluding carboxylic acids is 3. The summed E-state index contributed by atoms with van der Waals surface area (Å²) in [6.45, 7) is 0.363. The van der Waals surface area contributed by atoms with Crippen molar-refractivity contribution in [3.8, 4) is 11.5 Å². The van der Waals surface area contributed by atoms with Gasteiger partial charge in [-0.3, -0.25) is 14.4 Å². The average Bonchev–Trinajstić information content (AvgIpc) is 2.93. The van der Waals surface area contributed by atoms with Crippen LogP contribution in [0.4, 0.5) is 0 Å². The molecule has 0 aliphatic carbocycles. The SMILES string of the molecule is NCCCCC(NC(=O)C(Cc1ccc(O)cc1)NC(=O)C(N)CS)C(=O)NC(Cc1ccc(O)cc1)C(=O)O. The van der Waals surface area contributed by atoms with Crippen molar-refractivity contribution in [2.45, 2.75) is 56.3 Å². The fraction of sp³-hybridized carbons (Fsp3) is 0.407. The summed E-state index contributed by atoms with van der Waals surface area (Å²) in [5, 5.41) is 36.5. The molecule has 0 aliphatic heterocycles. The molecule has 4 atom stereocenters. The van der Waals surface area contributed by atoms with E-state index in [-0.39, 0.29) is 36.5 Å². The average molecular weight is 576 g/mol. The van der Waals surface area contributed by atoms with Crippen molar-refractivity contribution < 1.29 is 34.5 Å². The van der Waals surface area contributed by atoms with E-state index in [0.29, 0.717) is 30.5 Å². The molecule has 10 N–H and O–H groups in total. The number of carbonyl (C=O) groups is 4. The largest absolute Gasteiger partial charge is 0.508 e. The lowest BCUT2D eigenvalue weighted by molar-refractivity contribution is -0.142. The molecule has 13 heteroatoms. The maximum atomic E-state index is 13.4. The molecule has 3 amide bonds. The third kappa shape index (κ3) is 10.8. The third-order valence-electron chi connectivity index (χ3n) is 6.11. The van der Waals surface area contributed by atoms with Gasteiger partial charge >= 0.3 is 5.97 Å². The molecule has 0 aromatic heterocycles. The number of aromatic hydroxyl groups is 2. The molecule has 0 aliphatic rings. The summed E-state index contributed by atoms with van der Waals surface area (Å²) in [6.07, 6.45) is 1.21. The molecule has 218 valence electrons. The predicted octanol–water partition coefficient (Wildman–Crippen LogP) is -0.192. The van der Waals surface area contributed by atoms with Gasteiger partial charge in [0.1, 0.15) is 29.6 Å². The van der Waals surface area contributed by atoms with E-state index in [2.05, 4.69) is 28.6 Å². The molecular weight excluding hydrogens is 538 g/mol. The number of nitrogens with two attached hydrogens (primary N) is 2. The number of nitrogens with one attached hydrogen (secondary N) is 3. The van der Waals surface area contributed by atoms with Gasteiger partial charge in [0.05, 0.1) is 6.04 Å². The van der Waals surface area contributed by atoms with E-state index in [1.807, 2.05) is 0 Å². The molecule has 0 radical (unpaired) electrons. The third-order valence-corrected chi connectivity index (χ3v) is 6.51. The second-order valence-electron chi connectivity index (χ2n) is 9.34. The van der Waals surface area contributed by atoms with Crippen LogP contribution in [-0.2, 0) is 32.0 Å². The number of rotatable bonds is 16. The Labute approximate surface area is 237 Å². The van der Waals surface area contributed by atoms with Crippen molar-refractivity contribution in [1.29, 1.82) is 0 Å². The monoisotopic (exact) mass is 575 g/mol. The summed E-state index contributed by atoms with van der Waals surface area (Å²) in [4.78, 5) is 51.0. The van der Waals surface area contributed by atoms with Crippen molar-refractivity contribution in [2.24, 2.45) is 11.5 Å². The van der Waals surface area contributed by atoms with Gasteiger partial charge in [-0.1, -0.05) is 24.3 Å². The molecule has 0 saturated heterocycles. The molecule has 12 nitrogen and oxygen atoms in total. The highest BCUT2D eigenvalue weighted by Crippen LogP contribution is 2.14. The van der Waals surface area contributed by atoms with Gasteiger partial charge in [-0.15, -0.1) is 0 Å². The first-order chi connectivity index (χ1) is 19.0. The summed E-state index contributed by atoms with van der Waals surface area (Å²) < 4.78 is 0. The molecule has 0 spiro atoms. The first-order valence-corrected chi connectivity index (χ1v) is 13.4. The van der Waals surface area contributed by atoms with Crippen molar-refractivity contribution in [3.05, 3.63) is 59.7 Å². The Balaban J connectivity index is 2.22. The van der Waals surface area contributed by atoms with Crippen LogP contribution in [0.15, 0.2) is 48.5 Å². The Hall–Kier alpha value is -3.81. The van der Waals surface area contributed by atoms with Crippen molar-refractivity contribution >= 4 is 36.3 Å². The van der Waals surface area contributed by atoms with E-state index < -0.39 is 47.9 Å². The number of aliphatic carboxylic acids is 1. The van der Waals surface area contributed by atoms with E-state index in [0.717, 1.165) is 0 Å². The maximum absolute atomic E-state index is 13.4. The van der Waals surface area contributed by atoms with Gasteiger partial charge in [-0.25, -0.2) is 4.79 Å². The number of benzene rings is 2. The number of amides is 3. The van der Waals surface area contributed by atoms with Crippen LogP contribution in [0.25, 0.3) is 0 Å². The summed E-state index contributed by atoms with van der Waals surface area (Å²) >= 11 is 4.02. The van der Waals surface area contributed by atoms with Crippen LogP contribution in [0, 0.1) is 0 Å². The van der Waals surface area contributed by atoms with E-state index in [4.69, 9.17) is 11.5 Å². The summed E-state index contributed by atoms with van der Waals surface area (Å²) in [5.74, 6) is -3.18. The van der Waals surface area contributed by atoms with Crippen LogP contribution in [0.2, 0.25) is 0 Å². The first-order valence-electron chi connectivity index (χ1n) is 12.8. The van der Waals surface area contributed by atoms with Gasteiger partial charge in [0.15, 0.2) is 0 Å². The number of phenolic OH excluding ortho intramolecular Hbond substituents is 2. The molecule has 0 fully saturated rings. The van der Waals surface area contributed by atoms with Gasteiger partial charge in [0.2, 0.25) is 17.7 Å². The molecule has 2 aromatic rings. The molecule has 2 rings (SSSR count). The highest BCUT2D eigenvalue weighted by atomic mass is 32.1. The zero-order chi connectivity index (χ0) is 29.7. The van der Waals surface area contributed by atoms with Gasteiger partial charge in [0.25, 0.3) is 0 Å². The molecule has 40 heavy (non-hydrogen) atoms. The van der Waals surface area contributed by atoms with E-state index in [1.165, 1.54) is 24.3 Å². The standard InChI is InChI=1S/C27H37N5O7S/c28-12-2-1-3-21(25(36)32-23(27(38)39)14-17-6-10-19(34)11-7-17)30-26(37)22(31-24(35)20(29)15-40)13-16-4-8-18(33)9-5-16/h4-11,20-23,33-34,40H,1-3,12-15,28-29H2,(H,30,37)(H,31,35)(H,32,36)(H,38,39). The predicted molar refractivity (Wildman–Crippen MR) is 152 cm³/mol. The van der Waals surface area contributed by atoms with Crippen LogP contribution in [0.5, 0.6) is 11.5 Å². The minimum Gasteiger partial charge on any atom is -0.508 e. The minimum atomic E-state index is -1.30. The van der Waals surface area contributed by atoms with Crippen LogP contribution >= 0.6 is 12.6 Å². The molecule has 2 aromatic carbocycles. The van der Waals surface area contributed by atoms with Crippen molar-refractivity contribution in [1.82, 2.24) is 16.0 Å². The fourth-order valence-corrected chi connectivity index (χ4v) is 3.98. The van der Waals surface area contributed by atoms with Gasteiger partial charge < -0.3 is 42.7 Å². The number of hydrogen-bond donors (Lipinski definition) is 9. The zero-order valence-electron chi connectivity index (χ0n) is 22.0. The van der Waals surface area contributed by atoms with Crippen molar-refractivity contribution in [3.63, 3.8) is 0 Å². The Kier molecular flexibility index (Phi) is 13.2. The highest BCUT2D eigenvalue weighted by Gasteiger charge is 2.30. The summed E-state index contributed by atoms with van der Waals surface area (Å²) in [7, 11) is 0. The normalized spacial score (nSPS) is 13.9. The smallest absolute Gasteiger partial charge is 0.326 e. The van der Waals surface area contributed by atoms with Crippen LogP contribution in [-0.4, -0.2) is 75.5 Å². The van der Waals surface area contributed by atoms with Gasteiger partial charge in [-0.05, 0) is 61.2 Å². The Morgan fingerprint density at radius 2 is 1.18 bits per heavy atom. The molecule has 0 heterocycles. The topological polar surface area (TPSA) is 217 Å². The Morgan fingerprint density at radius 1 is 0.725 bits per heavy atom. The number of hydrogen-bond acceptors (Lipinski definition) is 9. The van der Waals surface area contributed by atoms with Crippen LogP contribution in [0.1, 0.15) is 30.4 Å². The second-order valence-corrected chi connectivity index (χ2v) is 9.70. The second kappa shape index (κ2) is 16.3. The fourth-order valence-electron chi connectivity index (χ4n) is 3.81. The first kappa shape index (κ1) is 32.4. The van der Waals surface area contributed by atoms with Crippen LogP contribution in [0.3, 0.4) is 0 Å². The van der Waals surface area contributed by atoms with E-state index in [1.54, 1.807) is 24.3 Å². The van der Waals surface area contributed by atoms with Gasteiger partial charge in [0, 0.05) is 18.6 Å². The lowest BCUT2D eigenvalue weighted by atomic mass is 10.0. The van der Waals surface area contributed by atoms with E-state index >= 15 is 0 Å². The number of carboxylic acids is 1. The molecular formula is C27H37N5O7S. The van der Waals surface area contributed by atoms with E-state index in [9.17, 15) is 34.5 Å². The quantitative estimate of drug-likeness (QED) is 0.0955. The molecule has 0 bridgehead atoms. The van der Waals surface area contributed by atoms with Crippen molar-refractivity contribution in [2.75, 3.05) is 12.3 Å². The maximum Gasteiger partial charge on any atom is 0.326 e. The summed E-state index contributed by atoms with van der Waals surface area (Å²) in [5.41, 5.74) is 12.6. The lowest BCUT2D eigenvalue weighted by Crippen LogP contribution is -2.58. The summed E-state index contributed by atoms with van der Waals surface area (Å²) in [6, 6.07) is 7.46. The van der Waals surface area contributed by atoms with Gasteiger partial charge in [-0.2, -0.15) is 12.6 Å². The number of carboxylic acid groups (broad SMARTS) is 1. The Bertz CT molecular complexity index is 1130. The Morgan fingerprint density at radius 3 is 1.65 bits per heavy atom. The molecule has 4 unspecified atom stereocenters. The highest BCUT2D eigenvalue weighted by molar-refractivity contribution is 7.80. The lowest BCUT2D eigenvalue weighted by Gasteiger charge is -2.25. The zero-order valence-corrected chi connectivity index (χ0v) is 22.8. The minimum absolute atomic E-state index is 0.0200. The number of thiol groups is 1. The molecule has 0 saturated carbocycles. The number of phenols is 2.